The predicted octanol–water partition coefficient (Wildman–Crippen LogP) is 5.91. The first kappa shape index (κ1) is 77.8. The van der Waals surface area contributed by atoms with Gasteiger partial charge in [-0.15, -0.1) is 0 Å². The summed E-state index contributed by atoms with van der Waals surface area (Å²) in [5.41, 5.74) is -2.55. The Balaban J connectivity index is 1.08. The number of aryl methyl sites for hydroxylation is 1. The molecule has 1 aromatic rings. The van der Waals surface area contributed by atoms with Crippen molar-refractivity contribution in [1.29, 1.82) is 0 Å². The highest BCUT2D eigenvalue weighted by Gasteiger charge is 2.55. The largest absolute Gasteiger partial charge is 0.417 e. The Labute approximate surface area is 596 Å². The summed E-state index contributed by atoms with van der Waals surface area (Å²) in [6.07, 6.45) is 5.97. The van der Waals surface area contributed by atoms with E-state index in [2.05, 4.69) is 16.0 Å². The number of likely N-dealkylation sites (N-methyl/N-ethyl adjacent to an activating group) is 5. The molecule has 6 saturated heterocycles. The highest BCUT2D eigenvalue weighted by Crippen LogP contribution is 2.40. The van der Waals surface area contributed by atoms with Crippen LogP contribution in [-0.4, -0.2) is 243 Å². The van der Waals surface area contributed by atoms with Gasteiger partial charge in [-0.3, -0.25) is 57.5 Å². The number of nitrogens with zero attached hydrogens (tertiary/aromatic N) is 9. The molecule has 7 aliphatic heterocycles. The average Bonchev–Trinajstić information content (AvgIpc) is 1.73. The van der Waals surface area contributed by atoms with Crippen molar-refractivity contribution < 1.29 is 70.7 Å². The van der Waals surface area contributed by atoms with Crippen LogP contribution in [0.25, 0.3) is 0 Å². The maximum absolute atomic E-state index is 15.5. The lowest BCUT2D eigenvalue weighted by molar-refractivity contribution is -0.161. The summed E-state index contributed by atoms with van der Waals surface area (Å²) < 4.78 is 41.6. The van der Waals surface area contributed by atoms with Crippen LogP contribution < -0.4 is 16.0 Å². The maximum Gasteiger partial charge on any atom is 0.417 e. The minimum atomic E-state index is -4.76. The number of amides is 12. The van der Waals surface area contributed by atoms with Crippen molar-refractivity contribution in [2.45, 2.75) is 236 Å². The minimum absolute atomic E-state index is 0.0253. The van der Waals surface area contributed by atoms with E-state index in [0.717, 1.165) is 55.6 Å². The quantitative estimate of drug-likeness (QED) is 0.231. The molecule has 1 aromatic carbocycles. The van der Waals surface area contributed by atoms with Crippen LogP contribution in [0.5, 0.6) is 0 Å². The van der Waals surface area contributed by atoms with Crippen molar-refractivity contribution >= 4 is 82.5 Å². The van der Waals surface area contributed by atoms with Gasteiger partial charge in [0.25, 0.3) is 5.91 Å². The molecule has 558 valence electrons. The molecule has 1 spiro atoms. The van der Waals surface area contributed by atoms with Gasteiger partial charge in [-0.2, -0.15) is 13.2 Å². The first-order chi connectivity index (χ1) is 47.8. The van der Waals surface area contributed by atoms with Crippen molar-refractivity contribution in [3.63, 3.8) is 0 Å². The van der Waals surface area contributed by atoms with Gasteiger partial charge in [0, 0.05) is 68.0 Å². The highest BCUT2D eigenvalue weighted by atomic mass is 35.5. The Morgan fingerprint density at radius 2 is 1.33 bits per heavy atom. The summed E-state index contributed by atoms with van der Waals surface area (Å²) in [5.74, 6) is -9.19. The third-order valence-electron chi connectivity index (χ3n) is 22.9. The molecule has 12 amide bonds. The van der Waals surface area contributed by atoms with E-state index in [1.807, 2.05) is 20.8 Å². The normalized spacial score (nSPS) is 29.0. The van der Waals surface area contributed by atoms with E-state index < -0.39 is 172 Å². The average molecular weight is 1440 g/mol. The molecule has 2 unspecified atom stereocenters. The molecule has 7 heterocycles. The van der Waals surface area contributed by atoms with Crippen LogP contribution in [0.4, 0.5) is 13.2 Å². The number of halogens is 4. The number of fused-ring (bicyclic) bond motifs is 20. The molecule has 0 radical (unpaired) electrons. The van der Waals surface area contributed by atoms with Gasteiger partial charge in [0.05, 0.1) is 23.6 Å². The lowest BCUT2D eigenvalue weighted by Gasteiger charge is -2.48. The number of nitrogens with one attached hydrogen (secondary N) is 3. The number of hydrogen-bond acceptors (Lipinski definition) is 12. The topological polar surface area (TPSA) is 270 Å². The minimum Gasteiger partial charge on any atom is -0.343 e. The Morgan fingerprint density at radius 3 is 1.94 bits per heavy atom. The molecular weight excluding hydrogens is 1330 g/mol. The van der Waals surface area contributed by atoms with Crippen molar-refractivity contribution in [2.75, 3.05) is 74.5 Å². The van der Waals surface area contributed by atoms with Crippen molar-refractivity contribution in [3.05, 3.63) is 46.1 Å². The van der Waals surface area contributed by atoms with Gasteiger partial charge in [-0.1, -0.05) is 110 Å². The van der Waals surface area contributed by atoms with Gasteiger partial charge >= 0.3 is 6.18 Å². The van der Waals surface area contributed by atoms with Crippen LogP contribution >= 0.6 is 11.6 Å². The summed E-state index contributed by atoms with van der Waals surface area (Å²) >= 11 is 6.16. The van der Waals surface area contributed by atoms with E-state index in [1.54, 1.807) is 18.7 Å². The molecule has 2 saturated carbocycles. The second-order valence-electron chi connectivity index (χ2n) is 30.5. The summed E-state index contributed by atoms with van der Waals surface area (Å²) in [5, 5.41) is 8.14. The summed E-state index contributed by atoms with van der Waals surface area (Å²) in [7, 11) is 7.26. The molecule has 0 aromatic heterocycles. The molecule has 9 aliphatic rings. The molecule has 2 bridgehead atoms. The monoisotopic (exact) mass is 1430 g/mol. The fourth-order valence-corrected chi connectivity index (χ4v) is 17.6. The van der Waals surface area contributed by atoms with Gasteiger partial charge in [-0.05, 0) is 131 Å². The number of piperidine rings is 2. The second kappa shape index (κ2) is 33.0. The molecular formula is C73H106ClF3N12O12. The zero-order valence-electron chi connectivity index (χ0n) is 60.5. The fraction of sp³-hybridized carbons (Fsp3) is 0.726. The number of rotatable bonds is 10. The van der Waals surface area contributed by atoms with E-state index >= 15 is 33.6 Å². The van der Waals surface area contributed by atoms with Crippen LogP contribution in [0, 0.1) is 29.6 Å². The Bertz CT molecular complexity index is 3330. The van der Waals surface area contributed by atoms with E-state index in [9.17, 15) is 37.1 Å². The molecule has 3 N–H and O–H groups in total. The molecule has 10 atom stereocenters. The third kappa shape index (κ3) is 17.0. The Kier molecular flexibility index (Phi) is 25.4. The van der Waals surface area contributed by atoms with Crippen molar-refractivity contribution in [1.82, 2.24) is 60.0 Å². The Hall–Kier alpha value is -7.32. The third-order valence-corrected chi connectivity index (χ3v) is 23.3. The molecule has 28 heteroatoms. The van der Waals surface area contributed by atoms with Gasteiger partial charge in [0.1, 0.15) is 59.6 Å². The lowest BCUT2D eigenvalue weighted by atomic mass is 9.71. The first-order valence-corrected chi connectivity index (χ1v) is 37.2. The van der Waals surface area contributed by atoms with Gasteiger partial charge in [-0.25, -0.2) is 0 Å². The summed E-state index contributed by atoms with van der Waals surface area (Å²) in [6, 6.07) is -6.32. The number of alkyl halides is 3. The van der Waals surface area contributed by atoms with E-state index in [0.29, 0.717) is 63.6 Å². The van der Waals surface area contributed by atoms with Crippen LogP contribution in [0.15, 0.2) is 30.0 Å². The number of hydrogen-bond donors (Lipinski definition) is 3. The number of benzene rings is 1. The van der Waals surface area contributed by atoms with Gasteiger partial charge < -0.3 is 60.0 Å². The van der Waals surface area contributed by atoms with Crippen LogP contribution in [0.2, 0.25) is 5.02 Å². The zero-order chi connectivity index (χ0) is 73.7. The molecule has 8 fully saturated rings. The van der Waals surface area contributed by atoms with Gasteiger partial charge in [0.2, 0.25) is 65.0 Å². The molecule has 2 aliphatic carbocycles. The SMILES string of the molecule is CC[C@@H]1C(CC(C)C)[C@H]2C(=O)N[C@@H]1C(=O)N1CCCC1C(=O)N1CC[C@H]1C(=O)N(C)[C@@H](CC1CCCCC1)C(=O)N(C)CC(=O)N[C@@H](CCc1ccc(C(F)(F)F)c(Cl)c1)C(=O)N1CCC=C1C(=O)NC1(CCCC1)C(=O)N(C)[C@@H](C(C)C)C(=O)N(C)[C@H](C(=O)N1CCCCC1)CC(=O)N2C. The van der Waals surface area contributed by atoms with Gasteiger partial charge in [0.15, 0.2) is 0 Å². The smallest absolute Gasteiger partial charge is 0.343 e. The number of carbonyl (C=O) groups excluding carboxylic acids is 12. The van der Waals surface area contributed by atoms with Crippen LogP contribution in [0.3, 0.4) is 0 Å². The highest BCUT2D eigenvalue weighted by molar-refractivity contribution is 6.31. The predicted molar refractivity (Wildman–Crippen MR) is 369 cm³/mol. The standard InChI is InChI=1S/C73H106ClF3N12O12/c1-11-47-48(38-43(2)3)61-63(93)79-59(47)69(99)88-36-21-25-53(88)68(98)89-37-30-54(89)66(96)82(7)55(40-45-22-14-12-15-23-45)65(95)81(6)42-57(90)78-51(29-27-46-26-28-49(50(74)39-46)73(75,76)77)64(94)87-35-20-24-52(87)62(92)80-72(31-16-17-32-72)71(101)85(10)60(44(4)5)70(100)83(8)56(41-58(91)84(61)9)67(97)86-33-18-13-19-34-86/h24,26,28,39,43-45,47-48,51,53-56,59-61H,11-23,25,27,29-38,40-42H2,1-10H3,(H,78,90)(H,79,93)(H,80,92)/t47-,48?,51+,53?,54+,55+,56+,59+,60+,61+/m1/s1. The van der Waals surface area contributed by atoms with Crippen LogP contribution in [0.1, 0.15) is 181 Å². The maximum atomic E-state index is 15.5. The summed E-state index contributed by atoms with van der Waals surface area (Å²) in [4.78, 5) is 193. The fourth-order valence-electron chi connectivity index (χ4n) is 17.3. The molecule has 10 rings (SSSR count). The van der Waals surface area contributed by atoms with E-state index in [1.165, 1.54) is 81.7 Å². The summed E-state index contributed by atoms with van der Waals surface area (Å²) in [6.45, 7) is 9.78. The van der Waals surface area contributed by atoms with Crippen LogP contribution in [-0.2, 0) is 70.1 Å². The zero-order valence-corrected chi connectivity index (χ0v) is 61.3. The number of carbonyl (C=O) groups is 12. The second-order valence-corrected chi connectivity index (χ2v) is 30.9. The van der Waals surface area contributed by atoms with Crippen molar-refractivity contribution in [2.24, 2.45) is 29.6 Å². The van der Waals surface area contributed by atoms with E-state index in [4.69, 9.17) is 11.6 Å². The lowest BCUT2D eigenvalue weighted by Crippen LogP contribution is -2.68. The van der Waals surface area contributed by atoms with E-state index in [-0.39, 0.29) is 88.5 Å². The molecule has 24 nitrogen and oxygen atoms in total. The first-order valence-electron chi connectivity index (χ1n) is 36.8. The number of likely N-dealkylation sites (tertiary alicyclic amines) is 1. The molecule has 101 heavy (non-hydrogen) atoms. The van der Waals surface area contributed by atoms with Crippen molar-refractivity contribution in [3.8, 4) is 0 Å². The Morgan fingerprint density at radius 1 is 0.673 bits per heavy atom.